The normalized spacial score (nSPS) is 15.0. The summed E-state index contributed by atoms with van der Waals surface area (Å²) in [6.45, 7) is 9.41. The molecule has 0 amide bonds. The summed E-state index contributed by atoms with van der Waals surface area (Å²) in [6.07, 6.45) is 0. The molecule has 0 atom stereocenters. The summed E-state index contributed by atoms with van der Waals surface area (Å²) in [4.78, 5) is 2.42. The number of hydrogen-bond acceptors (Lipinski definition) is 2. The molecule has 0 unspecified atom stereocenters. The van der Waals surface area contributed by atoms with E-state index in [2.05, 4.69) is 172 Å². The Morgan fingerprint density at radius 3 is 1.65 bits per heavy atom. The molecule has 2 aliphatic rings. The smallest absolute Gasteiger partial charge is 0.159 e. The van der Waals surface area contributed by atoms with Crippen LogP contribution in [0.15, 0.2) is 144 Å². The van der Waals surface area contributed by atoms with Gasteiger partial charge in [0.15, 0.2) is 5.58 Å². The van der Waals surface area contributed by atoms with Gasteiger partial charge in [-0.05, 0) is 91.7 Å². The first-order valence-corrected chi connectivity index (χ1v) is 16.9. The third-order valence-corrected chi connectivity index (χ3v) is 11.3. The van der Waals surface area contributed by atoms with Crippen LogP contribution in [0.4, 0.5) is 17.1 Å². The first-order valence-electron chi connectivity index (χ1n) is 16.9. The zero-order valence-corrected chi connectivity index (χ0v) is 27.6. The molecule has 0 N–H and O–H groups in total. The molecule has 0 bridgehead atoms. The lowest BCUT2D eigenvalue weighted by Gasteiger charge is -2.29. The van der Waals surface area contributed by atoms with Gasteiger partial charge in [0.05, 0.1) is 5.69 Å². The molecule has 2 heteroatoms. The second-order valence-electron chi connectivity index (χ2n) is 14.6. The Kier molecular flexibility index (Phi) is 5.44. The quantitative estimate of drug-likeness (QED) is 0.196. The summed E-state index contributed by atoms with van der Waals surface area (Å²) in [7, 11) is 0. The van der Waals surface area contributed by atoms with Crippen LogP contribution in [0, 0.1) is 0 Å². The molecular weight excluding hydrogens is 583 g/mol. The Bertz CT molecular complexity index is 2530. The van der Waals surface area contributed by atoms with Crippen LogP contribution < -0.4 is 4.90 Å². The number of furan rings is 1. The van der Waals surface area contributed by atoms with E-state index >= 15 is 0 Å². The maximum Gasteiger partial charge on any atom is 0.159 e. The topological polar surface area (TPSA) is 16.4 Å². The number of fused-ring (bicyclic) bond motifs is 11. The van der Waals surface area contributed by atoms with Crippen molar-refractivity contribution in [3.8, 4) is 22.3 Å². The summed E-state index contributed by atoms with van der Waals surface area (Å²) in [5, 5.41) is 4.73. The van der Waals surface area contributed by atoms with Gasteiger partial charge in [-0.2, -0.15) is 0 Å². The second-order valence-corrected chi connectivity index (χ2v) is 14.6. The van der Waals surface area contributed by atoms with E-state index in [4.69, 9.17) is 4.42 Å². The van der Waals surface area contributed by atoms with Crippen molar-refractivity contribution in [3.63, 3.8) is 0 Å². The monoisotopic (exact) mass is 617 g/mol. The van der Waals surface area contributed by atoms with Crippen LogP contribution in [-0.2, 0) is 10.8 Å². The molecule has 48 heavy (non-hydrogen) atoms. The first-order chi connectivity index (χ1) is 23.3. The predicted molar refractivity (Wildman–Crippen MR) is 201 cm³/mol. The number of hydrogen-bond donors (Lipinski definition) is 0. The van der Waals surface area contributed by atoms with Crippen LogP contribution in [-0.4, -0.2) is 0 Å². The SMILES string of the molecule is CC1(C)c2ccccc2-c2ccc(N(c3ccc4c(c3)C(C)(C)c3ccccc3-4)c3cccc4c3oc3ccc5ccccc5c34)cc21. The Labute approximate surface area is 280 Å². The molecule has 0 saturated carbocycles. The van der Waals surface area contributed by atoms with Gasteiger partial charge in [-0.1, -0.05) is 131 Å². The lowest BCUT2D eigenvalue weighted by atomic mass is 9.82. The van der Waals surface area contributed by atoms with Crippen molar-refractivity contribution in [1.29, 1.82) is 0 Å². The Morgan fingerprint density at radius 1 is 0.458 bits per heavy atom. The van der Waals surface area contributed by atoms with Crippen molar-refractivity contribution < 1.29 is 4.42 Å². The van der Waals surface area contributed by atoms with E-state index in [0.717, 1.165) is 33.6 Å². The van der Waals surface area contributed by atoms with E-state index in [1.54, 1.807) is 0 Å². The molecule has 10 rings (SSSR count). The highest BCUT2D eigenvalue weighted by atomic mass is 16.3. The summed E-state index contributed by atoms with van der Waals surface area (Å²) in [5.41, 5.74) is 15.6. The van der Waals surface area contributed by atoms with Crippen molar-refractivity contribution in [3.05, 3.63) is 162 Å². The van der Waals surface area contributed by atoms with Gasteiger partial charge in [0.2, 0.25) is 0 Å². The minimum Gasteiger partial charge on any atom is -0.454 e. The fourth-order valence-corrected chi connectivity index (χ4v) is 8.82. The van der Waals surface area contributed by atoms with Gasteiger partial charge in [-0.3, -0.25) is 0 Å². The van der Waals surface area contributed by atoms with Crippen molar-refractivity contribution >= 4 is 49.8 Å². The average Bonchev–Trinajstić information content (AvgIpc) is 3.69. The largest absolute Gasteiger partial charge is 0.454 e. The summed E-state index contributed by atoms with van der Waals surface area (Å²) < 4.78 is 6.84. The van der Waals surface area contributed by atoms with Crippen LogP contribution >= 0.6 is 0 Å². The fourth-order valence-electron chi connectivity index (χ4n) is 8.82. The summed E-state index contributed by atoms with van der Waals surface area (Å²) in [5.74, 6) is 0. The molecule has 0 aliphatic heterocycles. The van der Waals surface area contributed by atoms with E-state index in [-0.39, 0.29) is 10.8 Å². The van der Waals surface area contributed by atoms with Crippen LogP contribution in [0.2, 0.25) is 0 Å². The number of nitrogens with zero attached hydrogens (tertiary/aromatic N) is 1. The van der Waals surface area contributed by atoms with Crippen molar-refractivity contribution in [2.24, 2.45) is 0 Å². The third-order valence-electron chi connectivity index (χ3n) is 11.3. The zero-order valence-electron chi connectivity index (χ0n) is 27.6. The number of para-hydroxylation sites is 1. The van der Waals surface area contributed by atoms with Gasteiger partial charge in [0, 0.05) is 33.0 Å². The van der Waals surface area contributed by atoms with E-state index in [1.807, 2.05) is 0 Å². The lowest BCUT2D eigenvalue weighted by molar-refractivity contribution is 0.659. The number of anilines is 3. The van der Waals surface area contributed by atoms with E-state index < -0.39 is 0 Å². The highest BCUT2D eigenvalue weighted by molar-refractivity contribution is 6.21. The van der Waals surface area contributed by atoms with Crippen LogP contribution in [0.25, 0.3) is 55.0 Å². The molecule has 7 aromatic carbocycles. The Hall–Kier alpha value is -5.60. The fraction of sp³-hybridized carbons (Fsp3) is 0.130. The van der Waals surface area contributed by atoms with Crippen LogP contribution in [0.5, 0.6) is 0 Å². The molecule has 2 aliphatic carbocycles. The first kappa shape index (κ1) is 27.5. The zero-order chi connectivity index (χ0) is 32.4. The van der Waals surface area contributed by atoms with E-state index in [0.29, 0.717) is 0 Å². The predicted octanol–water partition coefficient (Wildman–Crippen LogP) is 12.8. The van der Waals surface area contributed by atoms with Gasteiger partial charge >= 0.3 is 0 Å². The third kappa shape index (κ3) is 3.58. The Morgan fingerprint density at radius 2 is 1.00 bits per heavy atom. The molecule has 1 aromatic heterocycles. The lowest BCUT2D eigenvalue weighted by Crippen LogP contribution is -2.18. The molecular formula is C46H35NO. The molecule has 1 heterocycles. The standard InChI is InChI=1S/C46H35NO/c1-45(2)37-17-9-7-14-32(37)34-23-21-29(26-39(34)45)47(30-22-24-35-33-15-8-10-18-38(33)46(3,4)40(35)27-30)41-19-11-16-36-43-31-13-6-5-12-28(31)20-25-42(43)48-44(36)41/h5-27H,1-4H3. The summed E-state index contributed by atoms with van der Waals surface area (Å²) >= 11 is 0. The minimum atomic E-state index is -0.112. The number of rotatable bonds is 3. The van der Waals surface area contributed by atoms with Crippen molar-refractivity contribution in [1.82, 2.24) is 0 Å². The Balaban J connectivity index is 1.25. The van der Waals surface area contributed by atoms with Gasteiger partial charge in [0.1, 0.15) is 5.58 Å². The van der Waals surface area contributed by atoms with Crippen molar-refractivity contribution in [2.75, 3.05) is 4.90 Å². The second kappa shape index (κ2) is 9.49. The maximum atomic E-state index is 6.84. The molecule has 0 spiro atoms. The molecule has 2 nitrogen and oxygen atoms in total. The molecule has 0 saturated heterocycles. The van der Waals surface area contributed by atoms with Gasteiger partial charge in [0.25, 0.3) is 0 Å². The molecule has 0 radical (unpaired) electrons. The van der Waals surface area contributed by atoms with Crippen LogP contribution in [0.3, 0.4) is 0 Å². The minimum absolute atomic E-state index is 0.112. The average molecular weight is 618 g/mol. The van der Waals surface area contributed by atoms with Gasteiger partial charge in [-0.15, -0.1) is 0 Å². The summed E-state index contributed by atoms with van der Waals surface area (Å²) in [6, 6.07) is 51.3. The van der Waals surface area contributed by atoms with Gasteiger partial charge in [-0.25, -0.2) is 0 Å². The molecule has 0 fully saturated rings. The van der Waals surface area contributed by atoms with Crippen LogP contribution in [0.1, 0.15) is 49.9 Å². The van der Waals surface area contributed by atoms with Gasteiger partial charge < -0.3 is 9.32 Å². The van der Waals surface area contributed by atoms with E-state index in [9.17, 15) is 0 Å². The maximum absolute atomic E-state index is 6.84. The highest BCUT2D eigenvalue weighted by Crippen LogP contribution is 2.54. The molecule has 8 aromatic rings. The van der Waals surface area contributed by atoms with E-state index in [1.165, 1.54) is 60.7 Å². The van der Waals surface area contributed by atoms with Crippen molar-refractivity contribution in [2.45, 2.75) is 38.5 Å². The molecule has 230 valence electrons. The number of benzene rings is 7. The highest BCUT2D eigenvalue weighted by Gasteiger charge is 2.38.